The number of amides is 3. The quantitative estimate of drug-likeness (QED) is 0.191. The van der Waals surface area contributed by atoms with Gasteiger partial charge in [-0.15, -0.1) is 11.3 Å². The maximum Gasteiger partial charge on any atom is 0.407 e. The summed E-state index contributed by atoms with van der Waals surface area (Å²) < 4.78 is 23.5. The Morgan fingerprint density at radius 2 is 1.53 bits per heavy atom. The largest absolute Gasteiger partial charge is 0.465 e. The molecule has 38 heavy (non-hydrogen) atoms. The lowest BCUT2D eigenvalue weighted by Crippen LogP contribution is -2.56. The molecule has 0 aliphatic carbocycles. The molecule has 0 aliphatic heterocycles. The van der Waals surface area contributed by atoms with Gasteiger partial charge in [0.25, 0.3) is 0 Å². The Morgan fingerprint density at radius 1 is 0.947 bits per heavy atom. The van der Waals surface area contributed by atoms with Gasteiger partial charge in [-0.05, 0) is 29.7 Å². The van der Waals surface area contributed by atoms with Crippen molar-refractivity contribution in [2.75, 3.05) is 18.1 Å². The van der Waals surface area contributed by atoms with E-state index in [4.69, 9.17) is 10.2 Å². The predicted octanol–water partition coefficient (Wildman–Crippen LogP) is 2.71. The number of aromatic nitrogens is 1. The van der Waals surface area contributed by atoms with E-state index >= 15 is 0 Å². The van der Waals surface area contributed by atoms with E-state index in [0.717, 1.165) is 27.8 Å². The first kappa shape index (κ1) is 28.6. The number of nitrogens with zero attached hydrogens (tertiary/aromatic N) is 1. The molecule has 6 N–H and O–H groups in total. The Kier molecular flexibility index (Phi) is 9.39. The summed E-state index contributed by atoms with van der Waals surface area (Å²) in [6.45, 7) is 1.69. The van der Waals surface area contributed by atoms with Crippen molar-refractivity contribution in [3.63, 3.8) is 0 Å². The highest BCUT2D eigenvalue weighted by atomic mass is 32.2. The Labute approximate surface area is 223 Å². The molecular formula is C24H27N5O7S2. The zero-order valence-electron chi connectivity index (χ0n) is 20.5. The van der Waals surface area contributed by atoms with Crippen molar-refractivity contribution in [3.8, 4) is 11.3 Å². The molecule has 3 rings (SSSR count). The van der Waals surface area contributed by atoms with Crippen LogP contribution in [0.1, 0.15) is 22.9 Å². The van der Waals surface area contributed by atoms with Gasteiger partial charge >= 0.3 is 12.2 Å². The average molecular weight is 562 g/mol. The minimum absolute atomic E-state index is 0.235. The van der Waals surface area contributed by atoms with Crippen LogP contribution < -0.4 is 21.3 Å². The van der Waals surface area contributed by atoms with Gasteiger partial charge in [0.1, 0.15) is 0 Å². The van der Waals surface area contributed by atoms with Gasteiger partial charge < -0.3 is 15.5 Å². The van der Waals surface area contributed by atoms with E-state index in [1.54, 1.807) is 24.3 Å². The van der Waals surface area contributed by atoms with Crippen LogP contribution in [0.15, 0.2) is 53.4 Å². The molecule has 0 saturated heterocycles. The molecule has 0 aliphatic rings. The summed E-state index contributed by atoms with van der Waals surface area (Å²) in [5.74, 6) is -0.245. The summed E-state index contributed by atoms with van der Waals surface area (Å²) in [7, 11) is -3.30. The second kappa shape index (κ2) is 12.5. The van der Waals surface area contributed by atoms with Crippen molar-refractivity contribution in [1.29, 1.82) is 0 Å². The van der Waals surface area contributed by atoms with Crippen molar-refractivity contribution < 1.29 is 33.0 Å². The molecule has 14 heteroatoms. The fraction of sp³-hybridized carbons (Fsp3) is 0.250. The lowest BCUT2D eigenvalue weighted by Gasteiger charge is -2.18. The third-order valence-electron chi connectivity index (χ3n) is 5.22. The van der Waals surface area contributed by atoms with Crippen molar-refractivity contribution in [1.82, 2.24) is 20.9 Å². The first-order valence-corrected chi connectivity index (χ1v) is 14.0. The first-order chi connectivity index (χ1) is 17.9. The normalized spacial score (nSPS) is 11.2. The number of anilines is 1. The highest BCUT2D eigenvalue weighted by Gasteiger charge is 2.16. The number of rotatable bonds is 11. The summed E-state index contributed by atoms with van der Waals surface area (Å²) in [6.07, 6.45) is -1.76. The first-order valence-electron chi connectivity index (χ1n) is 11.3. The molecule has 1 aromatic heterocycles. The molecule has 0 fully saturated rings. The van der Waals surface area contributed by atoms with Gasteiger partial charge in [0.15, 0.2) is 21.3 Å². The van der Waals surface area contributed by atoms with Crippen molar-refractivity contribution in [2.45, 2.75) is 31.0 Å². The molecule has 2 aromatic carbocycles. The number of carbonyl (C=O) groups excluding carboxylic acids is 1. The number of sulfone groups is 1. The Morgan fingerprint density at radius 3 is 2.05 bits per heavy atom. The maximum atomic E-state index is 11.8. The molecule has 3 amide bonds. The lowest BCUT2D eigenvalue weighted by molar-refractivity contribution is -0.114. The van der Waals surface area contributed by atoms with Crippen LogP contribution in [0.2, 0.25) is 0 Å². The minimum atomic E-state index is -3.30. The monoisotopic (exact) mass is 561 g/mol. The molecule has 202 valence electrons. The topological polar surface area (TPSA) is 187 Å². The summed E-state index contributed by atoms with van der Waals surface area (Å²) in [5.41, 5.74) is 3.31. The maximum absolute atomic E-state index is 11.8. The Balaban J connectivity index is 1.75. The van der Waals surface area contributed by atoms with Crippen molar-refractivity contribution in [3.05, 3.63) is 64.5 Å². The number of nitrogens with one attached hydrogen (secondary N) is 4. The molecular weight excluding hydrogens is 534 g/mol. The average Bonchev–Trinajstić information content (AvgIpc) is 3.19. The fourth-order valence-corrected chi connectivity index (χ4v) is 5.21. The van der Waals surface area contributed by atoms with E-state index in [1.807, 2.05) is 34.9 Å². The van der Waals surface area contributed by atoms with Crippen LogP contribution in [0.5, 0.6) is 0 Å². The number of hydrogen-bond acceptors (Lipinski definition) is 8. The number of hydrogen-bond donors (Lipinski definition) is 6. The summed E-state index contributed by atoms with van der Waals surface area (Å²) in [4.78, 5) is 38.9. The fourth-order valence-electron chi connectivity index (χ4n) is 3.52. The summed E-state index contributed by atoms with van der Waals surface area (Å²) in [5, 5.41) is 27.6. The van der Waals surface area contributed by atoms with E-state index < -0.39 is 28.3 Å². The van der Waals surface area contributed by atoms with E-state index in [2.05, 4.69) is 15.6 Å². The molecule has 0 unspecified atom stereocenters. The van der Waals surface area contributed by atoms with E-state index in [-0.39, 0.29) is 10.8 Å². The SMILES string of the molecule is CC(=O)Nc1nc(-c2ccc(CCNC(NC(=O)O)NC(=O)O)cc2)c(Cc2ccc(S(C)(=O)=O)cc2)s1. The Bertz CT molecular complexity index is 1390. The van der Waals surface area contributed by atoms with Gasteiger partial charge in [0, 0.05) is 36.6 Å². The van der Waals surface area contributed by atoms with Crippen LogP contribution in [0.25, 0.3) is 11.3 Å². The molecule has 3 aromatic rings. The molecule has 0 spiro atoms. The molecule has 0 radical (unpaired) electrons. The van der Waals surface area contributed by atoms with E-state index in [0.29, 0.717) is 30.2 Å². The Hall–Kier alpha value is -4.01. The number of carboxylic acid groups (broad SMARTS) is 2. The van der Waals surface area contributed by atoms with E-state index in [1.165, 1.54) is 18.3 Å². The van der Waals surface area contributed by atoms with Crippen LogP contribution in [0.4, 0.5) is 14.7 Å². The van der Waals surface area contributed by atoms with Gasteiger partial charge in [0.2, 0.25) is 5.91 Å². The number of carbonyl (C=O) groups is 3. The molecule has 0 saturated carbocycles. The lowest BCUT2D eigenvalue weighted by atomic mass is 10.0. The van der Waals surface area contributed by atoms with E-state index in [9.17, 15) is 22.8 Å². The van der Waals surface area contributed by atoms with Gasteiger partial charge in [-0.2, -0.15) is 0 Å². The van der Waals surface area contributed by atoms with Crippen LogP contribution in [-0.4, -0.2) is 60.8 Å². The minimum Gasteiger partial charge on any atom is -0.465 e. The zero-order chi connectivity index (χ0) is 27.9. The zero-order valence-corrected chi connectivity index (χ0v) is 22.1. The summed E-state index contributed by atoms with van der Waals surface area (Å²) in [6, 6.07) is 14.1. The van der Waals surface area contributed by atoms with Gasteiger partial charge in [0.05, 0.1) is 10.6 Å². The molecule has 0 bridgehead atoms. The van der Waals surface area contributed by atoms with Gasteiger partial charge in [-0.25, -0.2) is 23.0 Å². The van der Waals surface area contributed by atoms with Crippen LogP contribution in [0.3, 0.4) is 0 Å². The van der Waals surface area contributed by atoms with Crippen LogP contribution >= 0.6 is 11.3 Å². The van der Waals surface area contributed by atoms with Gasteiger partial charge in [-0.1, -0.05) is 36.4 Å². The van der Waals surface area contributed by atoms with Crippen molar-refractivity contribution in [2.24, 2.45) is 0 Å². The molecule has 1 heterocycles. The predicted molar refractivity (Wildman–Crippen MR) is 142 cm³/mol. The highest BCUT2D eigenvalue weighted by molar-refractivity contribution is 7.90. The third-order valence-corrected chi connectivity index (χ3v) is 7.32. The molecule has 0 atom stereocenters. The summed E-state index contributed by atoms with van der Waals surface area (Å²) >= 11 is 1.34. The number of benzene rings is 2. The third kappa shape index (κ3) is 8.54. The van der Waals surface area contributed by atoms with Crippen LogP contribution in [0, 0.1) is 0 Å². The molecule has 12 nitrogen and oxygen atoms in total. The van der Waals surface area contributed by atoms with Crippen LogP contribution in [-0.2, 0) is 27.5 Å². The van der Waals surface area contributed by atoms with Gasteiger partial charge in [-0.3, -0.25) is 20.7 Å². The van der Waals surface area contributed by atoms with Crippen molar-refractivity contribution >= 4 is 44.4 Å². The second-order valence-electron chi connectivity index (χ2n) is 8.30. The second-order valence-corrected chi connectivity index (χ2v) is 11.4. The smallest absolute Gasteiger partial charge is 0.407 e. The number of thiazole rings is 1. The standard InChI is InChI=1S/C24H27N5O7S2/c1-14(30)26-22-27-20(19(37-22)13-16-5-9-18(10-6-16)38(2,35)36)17-7-3-15(4-8-17)11-12-25-21(28-23(31)32)29-24(33)34/h3-10,21,25,28-29H,11-13H2,1-2H3,(H,31,32)(H,33,34)(H,26,27,30). The highest BCUT2D eigenvalue weighted by Crippen LogP contribution is 2.33.